The Hall–Kier alpha value is -4.80. The van der Waals surface area contributed by atoms with Gasteiger partial charge in [0, 0.05) is 36.4 Å². The molecule has 0 saturated carbocycles. The van der Waals surface area contributed by atoms with Crippen LogP contribution in [-0.4, -0.2) is 87.6 Å². The Kier molecular flexibility index (Phi) is 16.3. The van der Waals surface area contributed by atoms with Crippen LogP contribution < -0.4 is 32.0 Å². The molecule has 0 radical (unpaired) electrons. The molecule has 2 aliphatic rings. The van der Waals surface area contributed by atoms with Crippen LogP contribution in [0.1, 0.15) is 73.9 Å². The summed E-state index contributed by atoms with van der Waals surface area (Å²) in [7, 11) is -3.71. The number of hydrogen-bond donors (Lipinski definition) is 2. The zero-order valence-electron chi connectivity index (χ0n) is 42.1. The lowest BCUT2D eigenvalue weighted by molar-refractivity contribution is -0.0933. The van der Waals surface area contributed by atoms with Crippen LogP contribution in [-0.2, 0) is 37.5 Å². The van der Waals surface area contributed by atoms with Crippen LogP contribution in [0.5, 0.6) is 11.5 Å². The van der Waals surface area contributed by atoms with Crippen LogP contribution in [0, 0.1) is 13.8 Å². The molecule has 7 atom stereocenters. The summed E-state index contributed by atoms with van der Waals surface area (Å²) in [6.07, 6.45) is -0.875. The van der Waals surface area contributed by atoms with Crippen molar-refractivity contribution in [1.82, 2.24) is 19.1 Å². The zero-order valence-corrected chi connectivity index (χ0v) is 45.0. The Balaban J connectivity index is 1.25. The summed E-state index contributed by atoms with van der Waals surface area (Å²) in [5.74, 6) is 1.34. The maximum atomic E-state index is 13.4. The van der Waals surface area contributed by atoms with E-state index in [1.165, 1.54) is 21.5 Å². The second-order valence-electron chi connectivity index (χ2n) is 20.3. The highest BCUT2D eigenvalue weighted by molar-refractivity contribution is 7.43. The summed E-state index contributed by atoms with van der Waals surface area (Å²) in [6, 6.07) is 25.3. The van der Waals surface area contributed by atoms with Gasteiger partial charge in [0.1, 0.15) is 41.8 Å². The van der Waals surface area contributed by atoms with Crippen LogP contribution in [0.2, 0.25) is 37.8 Å². The van der Waals surface area contributed by atoms with Crippen molar-refractivity contribution < 1.29 is 41.4 Å². The summed E-state index contributed by atoms with van der Waals surface area (Å²) in [5, 5.41) is -0.139. The molecule has 20 heteroatoms. The first-order valence-electron chi connectivity index (χ1n) is 23.4. The number of ether oxygens (including phenoxy) is 5. The first kappa shape index (κ1) is 53.0. The Morgan fingerprint density at radius 2 is 1.11 bits per heavy atom. The van der Waals surface area contributed by atoms with Crippen molar-refractivity contribution in [2.45, 2.75) is 128 Å². The van der Waals surface area contributed by atoms with E-state index < -0.39 is 90.2 Å². The minimum atomic E-state index is -2.41. The number of aromatic amines is 2. The van der Waals surface area contributed by atoms with Crippen LogP contribution in [0.25, 0.3) is 0 Å². The third-order valence-corrected chi connectivity index (χ3v) is 21.2. The van der Waals surface area contributed by atoms with Gasteiger partial charge in [-0.25, -0.2) is 9.59 Å². The molecule has 5 aromatic rings. The minimum absolute atomic E-state index is 0.0220. The molecule has 70 heavy (non-hydrogen) atoms. The van der Waals surface area contributed by atoms with Crippen molar-refractivity contribution in [3.05, 3.63) is 161 Å². The minimum Gasteiger partial charge on any atom is -0.497 e. The third kappa shape index (κ3) is 11.9. The van der Waals surface area contributed by atoms with Crippen molar-refractivity contribution in [1.29, 1.82) is 0 Å². The molecular weight excluding hydrogens is 952 g/mol. The molecule has 2 saturated heterocycles. The van der Waals surface area contributed by atoms with Gasteiger partial charge in [-0.05, 0) is 92.6 Å². The molecule has 0 spiro atoms. The number of rotatable bonds is 19. The van der Waals surface area contributed by atoms with Gasteiger partial charge < -0.3 is 41.4 Å². The second-order valence-corrected chi connectivity index (χ2v) is 30.9. The van der Waals surface area contributed by atoms with E-state index >= 15 is 0 Å². The van der Waals surface area contributed by atoms with Crippen molar-refractivity contribution in [2.24, 2.45) is 0 Å². The van der Waals surface area contributed by atoms with Crippen LogP contribution in [0.4, 0.5) is 0 Å². The van der Waals surface area contributed by atoms with E-state index in [9.17, 15) is 19.2 Å². The summed E-state index contributed by atoms with van der Waals surface area (Å²) >= 11 is 0. The number of nitrogens with zero attached hydrogens (tertiary/aromatic N) is 2. The van der Waals surface area contributed by atoms with Crippen molar-refractivity contribution >= 4 is 25.2 Å². The molecule has 7 rings (SSSR count). The summed E-state index contributed by atoms with van der Waals surface area (Å²) < 4.78 is 61.9. The first-order valence-corrected chi connectivity index (χ1v) is 30.8. The maximum absolute atomic E-state index is 13.4. The molecular formula is C50H67N4O13PSi2. The van der Waals surface area contributed by atoms with E-state index in [1.54, 1.807) is 28.1 Å². The number of aromatic nitrogens is 4. The largest absolute Gasteiger partial charge is 0.497 e. The lowest BCUT2D eigenvalue weighted by atomic mass is 9.80. The number of H-pyrrole nitrogens is 2. The summed E-state index contributed by atoms with van der Waals surface area (Å²) in [4.78, 5) is 56.3. The Bertz CT molecular complexity index is 2760. The highest BCUT2D eigenvalue weighted by Gasteiger charge is 2.48. The van der Waals surface area contributed by atoms with Crippen molar-refractivity contribution in [3.63, 3.8) is 0 Å². The van der Waals surface area contributed by atoms with Gasteiger partial charge in [-0.3, -0.25) is 28.7 Å². The summed E-state index contributed by atoms with van der Waals surface area (Å²) in [6.45, 7) is 20.0. The quantitative estimate of drug-likeness (QED) is 0.0458. The van der Waals surface area contributed by atoms with Crippen molar-refractivity contribution in [3.8, 4) is 11.5 Å². The number of nitrogens with one attached hydrogen (secondary N) is 2. The molecule has 1 unspecified atom stereocenters. The molecule has 2 fully saturated rings. The number of hydrogen-bond acceptors (Lipinski definition) is 13. The molecule has 2 aromatic heterocycles. The standard InChI is InChI=1S/C50H67N4O13PSi2/c1-32-28-53(47(57)51-45(32)55)43-26-39(41(63-43)30-61-50(34-16-14-13-15-17-34,35-18-22-37(59-6)23-19-35)36-20-24-38(60-7)25-21-36)65-68(67-69(8,9)10)62-31-42-40(66-70(11,12)49(3,4)5)27-44(64-42)54-29-33(2)46(56)52-48(54)58/h13-25,28-29,39-44H,26-27,30-31H2,1-12H3,(H,51,55,57)(H,52,56,58)/t39-,40-,41+,42+,43+,44+,68?/m0/s1. The van der Waals surface area contributed by atoms with E-state index in [4.69, 9.17) is 41.4 Å². The predicted octanol–water partition coefficient (Wildman–Crippen LogP) is 8.18. The van der Waals surface area contributed by atoms with E-state index in [-0.39, 0.29) is 24.7 Å². The van der Waals surface area contributed by atoms with Gasteiger partial charge in [-0.2, -0.15) is 0 Å². The fraction of sp³-hybridized carbons (Fsp3) is 0.480. The monoisotopic (exact) mass is 1020 g/mol. The molecule has 3 aromatic carbocycles. The van der Waals surface area contributed by atoms with E-state index in [0.29, 0.717) is 29.0 Å². The van der Waals surface area contributed by atoms with Crippen LogP contribution in [0.15, 0.2) is 110 Å². The smallest absolute Gasteiger partial charge is 0.330 e. The normalized spacial score (nSPS) is 21.5. The van der Waals surface area contributed by atoms with Gasteiger partial charge in [0.25, 0.3) is 11.1 Å². The first-order chi connectivity index (χ1) is 33.0. The van der Waals surface area contributed by atoms with Gasteiger partial charge in [0.15, 0.2) is 16.6 Å². The maximum Gasteiger partial charge on any atom is 0.330 e. The number of methoxy groups -OCH3 is 2. The molecule has 2 aliphatic heterocycles. The number of aryl methyl sites for hydroxylation is 2. The van der Waals surface area contributed by atoms with Crippen LogP contribution in [0.3, 0.4) is 0 Å². The molecule has 0 amide bonds. The van der Waals surface area contributed by atoms with E-state index in [2.05, 4.69) is 43.8 Å². The molecule has 2 N–H and O–H groups in total. The molecule has 4 heterocycles. The Morgan fingerprint density at radius 1 is 0.657 bits per heavy atom. The zero-order chi connectivity index (χ0) is 50.8. The van der Waals surface area contributed by atoms with Gasteiger partial charge >= 0.3 is 20.0 Å². The Morgan fingerprint density at radius 3 is 1.57 bits per heavy atom. The molecule has 0 bridgehead atoms. The Labute approximate surface area is 411 Å². The topological polar surface area (TPSA) is 193 Å². The van der Waals surface area contributed by atoms with Crippen LogP contribution >= 0.6 is 8.60 Å². The third-order valence-electron chi connectivity index (χ3n) is 13.1. The molecule has 17 nitrogen and oxygen atoms in total. The average Bonchev–Trinajstić information content (AvgIpc) is 3.90. The highest BCUT2D eigenvalue weighted by atomic mass is 31.2. The van der Waals surface area contributed by atoms with Gasteiger partial charge in [-0.1, -0.05) is 75.4 Å². The molecule has 378 valence electrons. The lowest BCUT2D eigenvalue weighted by Gasteiger charge is -2.39. The van der Waals surface area contributed by atoms with E-state index in [1.807, 2.05) is 98.5 Å². The lowest BCUT2D eigenvalue weighted by Crippen LogP contribution is -2.46. The van der Waals surface area contributed by atoms with Crippen molar-refractivity contribution in [2.75, 3.05) is 27.4 Å². The number of benzene rings is 3. The van der Waals surface area contributed by atoms with Gasteiger partial charge in [0.2, 0.25) is 0 Å². The predicted molar refractivity (Wildman–Crippen MR) is 272 cm³/mol. The highest BCUT2D eigenvalue weighted by Crippen LogP contribution is 2.50. The average molecular weight is 1020 g/mol. The SMILES string of the molecule is COc1ccc(C(OC[C@H]2O[C@@H](n3cc(C)c(=O)[nH]c3=O)C[C@@H]2OP(OC[C@H]2O[C@@H](n3cc(C)c(=O)[nH]c3=O)C[C@@H]2O[Si](C)(C)C(C)(C)C)O[Si](C)(C)C)(c2ccccc2)c2ccc(OC)cc2)cc1. The fourth-order valence-corrected chi connectivity index (χ4v) is 12.6. The second kappa shape index (κ2) is 21.5. The van der Waals surface area contributed by atoms with Gasteiger partial charge in [0.05, 0.1) is 39.6 Å². The van der Waals surface area contributed by atoms with E-state index in [0.717, 1.165) is 16.7 Å². The molecule has 0 aliphatic carbocycles. The fourth-order valence-electron chi connectivity index (χ4n) is 8.26. The van der Waals surface area contributed by atoms with Gasteiger partial charge in [-0.15, -0.1) is 0 Å². The summed E-state index contributed by atoms with van der Waals surface area (Å²) in [5.41, 5.74) is -0.243.